The number of hydrogen-bond acceptors (Lipinski definition) is 5. The lowest BCUT2D eigenvalue weighted by atomic mass is 9.99. The number of carbonyl (C=O) groups excluding carboxylic acids is 1. The minimum absolute atomic E-state index is 0.204. The topological polar surface area (TPSA) is 79.8 Å². The first-order chi connectivity index (χ1) is 13.9. The summed E-state index contributed by atoms with van der Waals surface area (Å²) in [5, 5.41) is 0. The van der Waals surface area contributed by atoms with Crippen molar-refractivity contribution in [2.75, 3.05) is 33.3 Å². The molecule has 0 unspecified atom stereocenters. The zero-order valence-corrected chi connectivity index (χ0v) is 17.9. The highest BCUT2D eigenvalue weighted by Crippen LogP contribution is 2.24. The zero-order chi connectivity index (χ0) is 21.0. The fourth-order valence-electron chi connectivity index (χ4n) is 3.37. The van der Waals surface area contributed by atoms with Crippen LogP contribution in [0.4, 0.5) is 0 Å². The molecule has 3 rings (SSSR count). The van der Waals surface area contributed by atoms with Crippen molar-refractivity contribution in [3.8, 4) is 5.88 Å². The van der Waals surface area contributed by atoms with Crippen molar-refractivity contribution in [1.29, 1.82) is 0 Å². The third kappa shape index (κ3) is 4.43. The van der Waals surface area contributed by atoms with Gasteiger partial charge < -0.3 is 9.64 Å². The van der Waals surface area contributed by atoms with Gasteiger partial charge in [0.25, 0.3) is 5.91 Å². The molecule has 0 saturated carbocycles. The molecule has 1 aliphatic heterocycles. The number of carbonyl (C=O) groups is 1. The van der Waals surface area contributed by atoms with Crippen LogP contribution in [0.1, 0.15) is 42.1 Å². The molecule has 8 heteroatoms. The predicted octanol–water partition coefficient (Wildman–Crippen LogP) is 2.75. The highest BCUT2D eigenvalue weighted by atomic mass is 32.2. The summed E-state index contributed by atoms with van der Waals surface area (Å²) in [5.74, 6) is 0.463. The molecular weight excluding hydrogens is 390 g/mol. The maximum atomic E-state index is 13.0. The second-order valence-electron chi connectivity index (χ2n) is 7.13. The van der Waals surface area contributed by atoms with Crippen molar-refractivity contribution in [2.45, 2.75) is 31.1 Å². The number of amides is 1. The predicted molar refractivity (Wildman–Crippen MR) is 111 cm³/mol. The Morgan fingerprint density at radius 3 is 2.38 bits per heavy atom. The summed E-state index contributed by atoms with van der Waals surface area (Å²) in [5.41, 5.74) is 1.51. The molecule has 1 aliphatic rings. The van der Waals surface area contributed by atoms with E-state index in [1.54, 1.807) is 35.4 Å². The van der Waals surface area contributed by atoms with E-state index in [1.807, 2.05) is 12.1 Å². The Kier molecular flexibility index (Phi) is 6.54. The molecular formula is C21H27N3O4S. The highest BCUT2D eigenvalue weighted by Gasteiger charge is 2.31. The molecule has 1 amide bonds. The lowest BCUT2D eigenvalue weighted by Gasteiger charge is -2.34. The molecule has 2 heterocycles. The Bertz CT molecular complexity index is 952. The van der Waals surface area contributed by atoms with E-state index in [9.17, 15) is 13.2 Å². The number of hydrogen-bond donors (Lipinski definition) is 0. The smallest absolute Gasteiger partial charge is 0.259 e. The summed E-state index contributed by atoms with van der Waals surface area (Å²) in [4.78, 5) is 18.8. The highest BCUT2D eigenvalue weighted by molar-refractivity contribution is 7.89. The lowest BCUT2D eigenvalue weighted by molar-refractivity contribution is 0.0693. The fourth-order valence-corrected chi connectivity index (χ4v) is 4.79. The molecule has 156 valence electrons. The van der Waals surface area contributed by atoms with Crippen molar-refractivity contribution >= 4 is 15.9 Å². The van der Waals surface area contributed by atoms with Crippen LogP contribution in [0.15, 0.2) is 47.5 Å². The minimum Gasteiger partial charge on any atom is -0.480 e. The van der Waals surface area contributed by atoms with Gasteiger partial charge in [0.15, 0.2) is 0 Å². The van der Waals surface area contributed by atoms with Crippen molar-refractivity contribution < 1.29 is 17.9 Å². The Labute approximate surface area is 172 Å². The van der Waals surface area contributed by atoms with Crippen LogP contribution in [-0.2, 0) is 10.0 Å². The summed E-state index contributed by atoms with van der Waals surface area (Å²) >= 11 is 0. The average molecular weight is 418 g/mol. The number of rotatable bonds is 6. The van der Waals surface area contributed by atoms with Crippen LogP contribution < -0.4 is 4.74 Å². The second-order valence-corrected chi connectivity index (χ2v) is 9.07. The first kappa shape index (κ1) is 21.3. The number of piperazine rings is 1. The molecule has 1 fully saturated rings. The number of aromatic nitrogens is 1. The van der Waals surface area contributed by atoms with Gasteiger partial charge in [-0.05, 0) is 42.2 Å². The lowest BCUT2D eigenvalue weighted by Crippen LogP contribution is -2.50. The second kappa shape index (κ2) is 8.92. The van der Waals surface area contributed by atoms with E-state index >= 15 is 0 Å². The molecule has 0 radical (unpaired) electrons. The summed E-state index contributed by atoms with van der Waals surface area (Å²) in [7, 11) is -2.11. The molecule has 0 spiro atoms. The summed E-state index contributed by atoms with van der Waals surface area (Å²) in [6, 6.07) is 10.5. The Morgan fingerprint density at radius 2 is 1.79 bits per heavy atom. The van der Waals surface area contributed by atoms with Crippen LogP contribution in [0.2, 0.25) is 0 Å². The number of sulfonamides is 1. The van der Waals surface area contributed by atoms with Crippen LogP contribution in [0.5, 0.6) is 5.88 Å². The van der Waals surface area contributed by atoms with Gasteiger partial charge in [-0.15, -0.1) is 0 Å². The normalized spacial score (nSPS) is 16.4. The van der Waals surface area contributed by atoms with Gasteiger partial charge in [0.05, 0.1) is 12.0 Å². The van der Waals surface area contributed by atoms with Crippen LogP contribution in [0.3, 0.4) is 0 Å². The monoisotopic (exact) mass is 417 g/mol. The number of methoxy groups -OCH3 is 1. The number of ether oxygens (including phenoxy) is 1. The molecule has 2 aromatic rings. The first-order valence-corrected chi connectivity index (χ1v) is 11.2. The van der Waals surface area contributed by atoms with E-state index in [-0.39, 0.29) is 24.9 Å². The van der Waals surface area contributed by atoms with Gasteiger partial charge in [0.1, 0.15) is 5.56 Å². The van der Waals surface area contributed by atoms with Crippen molar-refractivity contribution in [1.82, 2.24) is 14.2 Å². The van der Waals surface area contributed by atoms with Gasteiger partial charge in [0, 0.05) is 32.4 Å². The van der Waals surface area contributed by atoms with Crippen molar-refractivity contribution in [3.05, 3.63) is 53.7 Å². The van der Waals surface area contributed by atoms with Crippen LogP contribution in [0, 0.1) is 0 Å². The molecule has 1 aromatic carbocycles. The Morgan fingerprint density at radius 1 is 1.14 bits per heavy atom. The summed E-state index contributed by atoms with van der Waals surface area (Å²) in [6.45, 7) is 5.38. The van der Waals surface area contributed by atoms with Crippen molar-refractivity contribution in [3.63, 3.8) is 0 Å². The maximum absolute atomic E-state index is 13.0. The van der Waals surface area contributed by atoms with E-state index in [0.717, 1.165) is 12.0 Å². The van der Waals surface area contributed by atoms with E-state index < -0.39 is 10.0 Å². The molecule has 1 atom stereocenters. The Balaban J connectivity index is 1.69. The molecule has 1 saturated heterocycles. The van der Waals surface area contributed by atoms with Crippen LogP contribution in [0.25, 0.3) is 0 Å². The van der Waals surface area contributed by atoms with E-state index in [0.29, 0.717) is 29.5 Å². The fraction of sp³-hybridized carbons (Fsp3) is 0.429. The van der Waals surface area contributed by atoms with Crippen LogP contribution in [-0.4, -0.2) is 61.8 Å². The number of benzene rings is 1. The molecule has 29 heavy (non-hydrogen) atoms. The quantitative estimate of drug-likeness (QED) is 0.722. The molecule has 7 nitrogen and oxygen atoms in total. The number of nitrogens with zero attached hydrogens (tertiary/aromatic N) is 3. The maximum Gasteiger partial charge on any atom is 0.259 e. The molecule has 1 aromatic heterocycles. The SMILES string of the molecule is CC[C@H](C)c1ccc(S(=O)(=O)N2CCN(C(=O)c3cccnc3OC)CC2)cc1. The first-order valence-electron chi connectivity index (χ1n) is 9.76. The minimum atomic E-state index is -3.58. The Hall–Kier alpha value is -2.45. The average Bonchev–Trinajstić information content (AvgIpc) is 2.78. The largest absolute Gasteiger partial charge is 0.480 e. The zero-order valence-electron chi connectivity index (χ0n) is 17.0. The standard InChI is InChI=1S/C21H27N3O4S/c1-4-16(2)17-7-9-18(10-8-17)29(26,27)24-14-12-23(13-15-24)21(25)19-6-5-11-22-20(19)28-3/h5-11,16H,4,12-15H2,1-3H3/t16-/m0/s1. The van der Waals surface area contributed by atoms with E-state index in [4.69, 9.17) is 4.74 Å². The van der Waals surface area contributed by atoms with E-state index in [2.05, 4.69) is 18.8 Å². The van der Waals surface area contributed by atoms with Crippen molar-refractivity contribution in [2.24, 2.45) is 0 Å². The van der Waals surface area contributed by atoms with Gasteiger partial charge in [0.2, 0.25) is 15.9 Å². The van der Waals surface area contributed by atoms with Gasteiger partial charge >= 0.3 is 0 Å². The summed E-state index contributed by atoms with van der Waals surface area (Å²) < 4.78 is 32.6. The molecule has 0 bridgehead atoms. The third-order valence-electron chi connectivity index (χ3n) is 5.42. The third-order valence-corrected chi connectivity index (χ3v) is 7.33. The van der Waals surface area contributed by atoms with Gasteiger partial charge in [-0.3, -0.25) is 4.79 Å². The van der Waals surface area contributed by atoms with Gasteiger partial charge in [-0.2, -0.15) is 4.31 Å². The molecule has 0 aliphatic carbocycles. The van der Waals surface area contributed by atoms with Gasteiger partial charge in [-0.1, -0.05) is 26.0 Å². The number of pyridine rings is 1. The van der Waals surface area contributed by atoms with Crippen LogP contribution >= 0.6 is 0 Å². The summed E-state index contributed by atoms with van der Waals surface area (Å²) in [6.07, 6.45) is 2.57. The van der Waals surface area contributed by atoms with E-state index in [1.165, 1.54) is 11.4 Å². The molecule has 0 N–H and O–H groups in total. The van der Waals surface area contributed by atoms with Gasteiger partial charge in [-0.25, -0.2) is 13.4 Å².